The predicted molar refractivity (Wildman–Crippen MR) is 205 cm³/mol. The van der Waals surface area contributed by atoms with Crippen LogP contribution in [0.4, 0.5) is 11.4 Å². The zero-order chi connectivity index (χ0) is 37.8. The highest BCUT2D eigenvalue weighted by Crippen LogP contribution is 2.60. The van der Waals surface area contributed by atoms with Crippen molar-refractivity contribution in [2.24, 2.45) is 5.92 Å². The highest BCUT2D eigenvalue weighted by atomic mass is 28.3. The molecule has 4 atom stereocenters. The van der Waals surface area contributed by atoms with Crippen LogP contribution in [0.3, 0.4) is 0 Å². The molecule has 3 aliphatic heterocycles. The molecule has 0 radical (unpaired) electrons. The lowest BCUT2D eigenvalue weighted by Crippen LogP contribution is -2.52. The number of carbonyl (C=O) groups excluding carboxylic acids is 3. The second-order valence-corrected chi connectivity index (χ2v) is 20.0. The topological polar surface area (TPSA) is 136 Å². The molecule has 6 rings (SSSR count). The summed E-state index contributed by atoms with van der Waals surface area (Å²) in [5.41, 5.74) is 1.90. The second kappa shape index (κ2) is 16.5. The maximum atomic E-state index is 15.2. The lowest BCUT2D eigenvalue weighted by Gasteiger charge is -2.37. The summed E-state index contributed by atoms with van der Waals surface area (Å²) in [6.45, 7) is 8.51. The van der Waals surface area contributed by atoms with Gasteiger partial charge in [0.05, 0.1) is 39.8 Å². The van der Waals surface area contributed by atoms with Crippen LogP contribution < -0.4 is 19.7 Å². The van der Waals surface area contributed by atoms with Crippen molar-refractivity contribution in [3.8, 4) is 5.75 Å². The Morgan fingerprint density at radius 3 is 2.55 bits per heavy atom. The van der Waals surface area contributed by atoms with Gasteiger partial charge < -0.3 is 29.1 Å². The number of aliphatic hydroxyl groups excluding tert-OH is 1. The molecule has 1 spiro atoms. The molecule has 3 aromatic rings. The monoisotopic (exact) mass is 745 g/mol. The Morgan fingerprint density at radius 2 is 1.81 bits per heavy atom. The number of hydrogen-bond acceptors (Lipinski definition) is 9. The zero-order valence-corrected chi connectivity index (χ0v) is 32.9. The maximum Gasteiger partial charge on any atom is 0.305 e. The lowest BCUT2D eigenvalue weighted by molar-refractivity contribution is -0.146. The van der Waals surface area contributed by atoms with Crippen molar-refractivity contribution in [1.82, 2.24) is 15.0 Å². The molecule has 0 saturated carbocycles. The molecule has 13 heteroatoms. The first kappa shape index (κ1) is 38.6. The van der Waals surface area contributed by atoms with Crippen LogP contribution in [-0.4, -0.2) is 86.0 Å². The van der Waals surface area contributed by atoms with E-state index in [4.69, 9.17) is 14.2 Å². The summed E-state index contributed by atoms with van der Waals surface area (Å²) in [5.74, 6) is 0.340. The van der Waals surface area contributed by atoms with E-state index < -0.39 is 13.7 Å². The minimum absolute atomic E-state index is 0.0000869. The molecule has 3 aliphatic rings. The Balaban J connectivity index is 1.42. The number of aromatic nitrogens is 3. The van der Waals surface area contributed by atoms with Crippen LogP contribution in [0.15, 0.2) is 48.7 Å². The van der Waals surface area contributed by atoms with Crippen LogP contribution in [0.25, 0.3) is 0 Å². The fourth-order valence-electron chi connectivity index (χ4n) is 8.97. The van der Waals surface area contributed by atoms with Crippen molar-refractivity contribution in [2.75, 3.05) is 43.7 Å². The number of anilines is 2. The van der Waals surface area contributed by atoms with Crippen molar-refractivity contribution >= 4 is 42.4 Å². The summed E-state index contributed by atoms with van der Waals surface area (Å²) < 4.78 is 19.5. The molecule has 0 unspecified atom stereocenters. The Labute approximate surface area is 313 Å². The molecule has 1 aromatic heterocycles. The van der Waals surface area contributed by atoms with Crippen molar-refractivity contribution in [1.29, 1.82) is 0 Å². The zero-order valence-electron chi connectivity index (χ0n) is 31.9. The SMILES string of the molecule is COC(=O)CCCCN1C(=O)[C@@]2(O[C@@H](CCn3cc(CCO)nn3)[C@H]([Si](C)(C)c3ccc(OC)cc3)[C@H]2C)c2cc(N3CCCCCCC3=O)ccc21. The third-order valence-electron chi connectivity index (χ3n) is 11.8. The Hall–Kier alpha value is -4.07. The number of rotatable bonds is 14. The Morgan fingerprint density at radius 1 is 1.04 bits per heavy atom. The number of carbonyl (C=O) groups is 3. The smallest absolute Gasteiger partial charge is 0.305 e. The van der Waals surface area contributed by atoms with Gasteiger partial charge in [0.1, 0.15) is 5.75 Å². The second-order valence-electron chi connectivity index (χ2n) is 15.3. The number of aliphatic hydroxyl groups is 1. The largest absolute Gasteiger partial charge is 0.497 e. The van der Waals surface area contributed by atoms with Crippen molar-refractivity contribution in [3.05, 3.63) is 59.9 Å². The minimum atomic E-state index is -2.38. The van der Waals surface area contributed by atoms with Gasteiger partial charge in [-0.15, -0.1) is 5.10 Å². The molecule has 2 aromatic carbocycles. The van der Waals surface area contributed by atoms with Gasteiger partial charge >= 0.3 is 5.97 Å². The first-order valence-electron chi connectivity index (χ1n) is 19.2. The number of unbranched alkanes of at least 4 members (excludes halogenated alkanes) is 1. The first-order chi connectivity index (χ1) is 25.5. The fourth-order valence-corrected chi connectivity index (χ4v) is 13.0. The highest BCUT2D eigenvalue weighted by Gasteiger charge is 2.66. The predicted octanol–water partition coefficient (Wildman–Crippen LogP) is 5.11. The molecule has 2 fully saturated rings. The summed E-state index contributed by atoms with van der Waals surface area (Å²) >= 11 is 0. The van der Waals surface area contributed by atoms with Crippen LogP contribution >= 0.6 is 0 Å². The number of benzene rings is 2. The van der Waals surface area contributed by atoms with Crippen LogP contribution in [0.1, 0.15) is 76.0 Å². The van der Waals surface area contributed by atoms with E-state index in [-0.39, 0.29) is 48.4 Å². The molecule has 4 heterocycles. The van der Waals surface area contributed by atoms with Crippen molar-refractivity contribution in [2.45, 2.75) is 108 Å². The first-order valence-corrected chi connectivity index (χ1v) is 22.3. The van der Waals surface area contributed by atoms with Crippen molar-refractivity contribution < 1.29 is 33.7 Å². The van der Waals surface area contributed by atoms with E-state index in [9.17, 15) is 14.7 Å². The molecule has 2 saturated heterocycles. The normalized spacial score (nSPS) is 23.3. The molecule has 53 heavy (non-hydrogen) atoms. The van der Waals surface area contributed by atoms with Crippen LogP contribution in [0, 0.1) is 5.92 Å². The van der Waals surface area contributed by atoms with Crippen molar-refractivity contribution in [3.63, 3.8) is 0 Å². The van der Waals surface area contributed by atoms with Gasteiger partial charge in [-0.1, -0.05) is 55.4 Å². The molecular weight excluding hydrogens is 691 g/mol. The molecule has 2 amide bonds. The standard InChI is InChI=1S/C40H55N5O7Si/c1-28-38(53(4,5)32-17-15-31(50-2)16-18-32)35(20-24-43-27-29(21-25-46)41-42-43)52-40(28)33-26-30(44-22-10-7-6-8-12-36(44)47)14-19-34(33)45(39(40)49)23-11-9-13-37(48)51-3/h14-19,26-28,35,38,46H,6-13,20-25H2,1-5H3/t28-,35+,38-,40+/m1/s1. The molecule has 1 N–H and O–H groups in total. The Bertz CT molecular complexity index is 1760. The number of nitrogens with zero attached hydrogens (tertiary/aromatic N) is 5. The number of ether oxygens (including phenoxy) is 3. The summed E-state index contributed by atoms with van der Waals surface area (Å²) in [6.07, 6.45) is 8.58. The third kappa shape index (κ3) is 7.65. The van der Waals surface area contributed by atoms with Gasteiger partial charge in [0.15, 0.2) is 5.60 Å². The quantitative estimate of drug-likeness (QED) is 0.136. The van der Waals surface area contributed by atoms with Crippen LogP contribution in [-0.2, 0) is 42.4 Å². The number of esters is 1. The summed E-state index contributed by atoms with van der Waals surface area (Å²) in [7, 11) is 0.672. The minimum Gasteiger partial charge on any atom is -0.497 e. The molecule has 0 aliphatic carbocycles. The molecule has 12 nitrogen and oxygen atoms in total. The summed E-state index contributed by atoms with van der Waals surface area (Å²) in [4.78, 5) is 44.3. The lowest BCUT2D eigenvalue weighted by atomic mass is 9.82. The number of hydrogen-bond donors (Lipinski definition) is 1. The molecule has 286 valence electrons. The Kier molecular flexibility index (Phi) is 12.0. The van der Waals surface area contributed by atoms with E-state index in [2.05, 4.69) is 48.5 Å². The van der Waals surface area contributed by atoms with Gasteiger partial charge in [-0.3, -0.25) is 19.1 Å². The average Bonchev–Trinajstić information content (AvgIpc) is 3.80. The summed E-state index contributed by atoms with van der Waals surface area (Å²) in [5, 5.41) is 19.2. The third-order valence-corrected chi connectivity index (χ3v) is 16.2. The van der Waals surface area contributed by atoms with E-state index >= 15 is 4.79 Å². The van der Waals surface area contributed by atoms with E-state index in [1.165, 1.54) is 12.3 Å². The summed E-state index contributed by atoms with van der Waals surface area (Å²) in [6, 6.07) is 14.3. The number of methoxy groups -OCH3 is 2. The van der Waals surface area contributed by atoms with Gasteiger partial charge in [0, 0.05) is 68.9 Å². The maximum absolute atomic E-state index is 15.2. The molecular formula is C40H55N5O7Si. The van der Waals surface area contributed by atoms with Gasteiger partial charge in [-0.2, -0.15) is 0 Å². The number of aryl methyl sites for hydroxylation is 1. The van der Waals surface area contributed by atoms with Gasteiger partial charge in [0.2, 0.25) is 5.91 Å². The average molecular weight is 746 g/mol. The van der Waals surface area contributed by atoms with E-state index in [0.717, 1.165) is 54.1 Å². The van der Waals surface area contributed by atoms with E-state index in [0.29, 0.717) is 51.7 Å². The van der Waals surface area contributed by atoms with Gasteiger partial charge in [-0.25, -0.2) is 0 Å². The number of fused-ring (bicyclic) bond motifs is 2. The van der Waals surface area contributed by atoms with E-state index in [1.54, 1.807) is 11.8 Å². The van der Waals surface area contributed by atoms with Crippen LogP contribution in [0.5, 0.6) is 5.75 Å². The fraction of sp³-hybridized carbons (Fsp3) is 0.575. The van der Waals surface area contributed by atoms with Gasteiger partial charge in [0.25, 0.3) is 5.91 Å². The van der Waals surface area contributed by atoms with Gasteiger partial charge in [-0.05, 0) is 68.0 Å². The highest BCUT2D eigenvalue weighted by molar-refractivity contribution is 6.91. The van der Waals surface area contributed by atoms with Crippen LogP contribution in [0.2, 0.25) is 18.6 Å². The number of amides is 2. The molecule has 0 bridgehead atoms. The van der Waals surface area contributed by atoms with E-state index in [1.807, 2.05) is 40.3 Å².